The molecule has 0 radical (unpaired) electrons. The molecule has 3 aromatic rings. The van der Waals surface area contributed by atoms with Gasteiger partial charge in [0.1, 0.15) is 5.69 Å². The highest BCUT2D eigenvalue weighted by molar-refractivity contribution is 5.79. The van der Waals surface area contributed by atoms with E-state index in [0.717, 1.165) is 42.3 Å². The van der Waals surface area contributed by atoms with Crippen LogP contribution in [-0.4, -0.2) is 36.0 Å². The van der Waals surface area contributed by atoms with Gasteiger partial charge in [-0.15, -0.1) is 10.2 Å². The third-order valence-corrected chi connectivity index (χ3v) is 5.44. The fraction of sp³-hybridized carbons (Fsp3) is 0.318. The van der Waals surface area contributed by atoms with Crippen LogP contribution < -0.4 is 19.7 Å². The van der Waals surface area contributed by atoms with Gasteiger partial charge in [0.05, 0.1) is 12.2 Å². The molecule has 1 N–H and O–H groups in total. The Morgan fingerprint density at radius 3 is 2.90 bits per heavy atom. The quantitative estimate of drug-likeness (QED) is 0.697. The lowest BCUT2D eigenvalue weighted by atomic mass is 9.97. The molecule has 0 spiro atoms. The normalized spacial score (nSPS) is 17.7. The summed E-state index contributed by atoms with van der Waals surface area (Å²) in [6, 6.07) is 13.2. The largest absolute Gasteiger partial charge is 0.463 e. The molecule has 8 nitrogen and oxygen atoms in total. The van der Waals surface area contributed by atoms with E-state index in [2.05, 4.69) is 20.4 Å². The molecular weight excluding hydrogens is 384 g/mol. The lowest BCUT2D eigenvalue weighted by Crippen LogP contribution is -2.43. The Labute approximate surface area is 173 Å². The van der Waals surface area contributed by atoms with Crippen LogP contribution in [0.1, 0.15) is 18.4 Å². The van der Waals surface area contributed by atoms with E-state index in [0.29, 0.717) is 24.5 Å². The molecule has 1 unspecified atom stereocenters. The van der Waals surface area contributed by atoms with Crippen LogP contribution in [0.25, 0.3) is 11.5 Å². The van der Waals surface area contributed by atoms with E-state index in [1.807, 2.05) is 42.5 Å². The molecule has 0 saturated carbocycles. The van der Waals surface area contributed by atoms with Gasteiger partial charge in [-0.3, -0.25) is 4.79 Å². The maximum atomic E-state index is 12.7. The number of anilines is 1. The molecule has 4 heterocycles. The van der Waals surface area contributed by atoms with Crippen molar-refractivity contribution in [1.82, 2.24) is 15.5 Å². The van der Waals surface area contributed by atoms with Gasteiger partial charge in [0.2, 0.25) is 12.7 Å². The minimum absolute atomic E-state index is 0.0533. The van der Waals surface area contributed by atoms with E-state index in [1.54, 1.807) is 6.26 Å². The molecule has 30 heavy (non-hydrogen) atoms. The molecule has 154 valence electrons. The van der Waals surface area contributed by atoms with Crippen molar-refractivity contribution >= 4 is 11.7 Å². The van der Waals surface area contributed by atoms with Crippen molar-refractivity contribution in [3.8, 4) is 23.0 Å². The van der Waals surface area contributed by atoms with E-state index < -0.39 is 0 Å². The number of piperidine rings is 1. The summed E-state index contributed by atoms with van der Waals surface area (Å²) >= 11 is 0. The van der Waals surface area contributed by atoms with E-state index in [1.165, 1.54) is 0 Å². The lowest BCUT2D eigenvalue weighted by Gasteiger charge is -2.32. The van der Waals surface area contributed by atoms with Gasteiger partial charge >= 0.3 is 0 Å². The summed E-state index contributed by atoms with van der Waals surface area (Å²) in [7, 11) is 0. The number of carbonyl (C=O) groups excluding carboxylic acids is 1. The monoisotopic (exact) mass is 406 g/mol. The van der Waals surface area contributed by atoms with Crippen molar-refractivity contribution < 1.29 is 18.7 Å². The van der Waals surface area contributed by atoms with Gasteiger partial charge in [0.15, 0.2) is 23.1 Å². The summed E-state index contributed by atoms with van der Waals surface area (Å²) in [5.74, 6) is 2.90. The molecule has 8 heteroatoms. The molecule has 2 aromatic heterocycles. The standard InChI is InChI=1S/C22H22N4O4/c27-22(23-12-15-5-7-19-20(11-15)30-14-29-19)16-3-1-9-26(13-16)21-8-6-17(24-25-21)18-4-2-10-28-18/h2,4-8,10-11,16H,1,3,9,12-14H2,(H,23,27). The molecule has 1 amide bonds. The van der Waals surface area contributed by atoms with Crippen molar-refractivity contribution in [1.29, 1.82) is 0 Å². The number of nitrogens with one attached hydrogen (secondary N) is 1. The first-order valence-corrected chi connectivity index (χ1v) is 10.0. The van der Waals surface area contributed by atoms with E-state index in [9.17, 15) is 4.79 Å². The predicted molar refractivity (Wildman–Crippen MR) is 109 cm³/mol. The molecule has 2 aliphatic rings. The smallest absolute Gasteiger partial charge is 0.231 e. The Balaban J connectivity index is 1.19. The SMILES string of the molecule is O=C(NCc1ccc2c(c1)OCO2)C1CCCN(c2ccc(-c3ccco3)nn2)C1. The molecule has 1 aromatic carbocycles. The zero-order valence-corrected chi connectivity index (χ0v) is 16.4. The van der Waals surface area contributed by atoms with E-state index in [4.69, 9.17) is 13.9 Å². The molecule has 1 fully saturated rings. The summed E-state index contributed by atoms with van der Waals surface area (Å²) < 4.78 is 16.1. The van der Waals surface area contributed by atoms with Crippen molar-refractivity contribution in [3.63, 3.8) is 0 Å². The average Bonchev–Trinajstić information content (AvgIpc) is 3.49. The maximum Gasteiger partial charge on any atom is 0.231 e. The van der Waals surface area contributed by atoms with Gasteiger partial charge in [-0.05, 0) is 54.8 Å². The molecular formula is C22H22N4O4. The van der Waals surface area contributed by atoms with Crippen LogP contribution in [0, 0.1) is 5.92 Å². The van der Waals surface area contributed by atoms with Crippen molar-refractivity contribution in [3.05, 3.63) is 54.3 Å². The highest BCUT2D eigenvalue weighted by atomic mass is 16.7. The number of hydrogen-bond donors (Lipinski definition) is 1. The number of ether oxygens (including phenoxy) is 2. The zero-order valence-electron chi connectivity index (χ0n) is 16.4. The average molecular weight is 406 g/mol. The van der Waals surface area contributed by atoms with Crippen LogP contribution in [0.4, 0.5) is 5.82 Å². The lowest BCUT2D eigenvalue weighted by molar-refractivity contribution is -0.125. The zero-order chi connectivity index (χ0) is 20.3. The Hall–Kier alpha value is -3.55. The third kappa shape index (κ3) is 3.80. The molecule has 1 saturated heterocycles. The summed E-state index contributed by atoms with van der Waals surface area (Å²) in [4.78, 5) is 14.9. The number of nitrogens with zero attached hydrogens (tertiary/aromatic N) is 3. The number of fused-ring (bicyclic) bond motifs is 1. The highest BCUT2D eigenvalue weighted by Crippen LogP contribution is 2.32. The second kappa shape index (κ2) is 8.06. The minimum atomic E-state index is -0.0840. The number of hydrogen-bond acceptors (Lipinski definition) is 7. The number of carbonyl (C=O) groups is 1. The fourth-order valence-electron chi connectivity index (χ4n) is 3.83. The summed E-state index contributed by atoms with van der Waals surface area (Å²) in [5.41, 5.74) is 1.68. The van der Waals surface area contributed by atoms with Crippen molar-refractivity contribution in [2.24, 2.45) is 5.92 Å². The van der Waals surface area contributed by atoms with E-state index >= 15 is 0 Å². The Kier molecular flexibility index (Phi) is 4.96. The van der Waals surface area contributed by atoms with Crippen LogP contribution in [0.3, 0.4) is 0 Å². The van der Waals surface area contributed by atoms with Gasteiger partial charge in [-0.25, -0.2) is 0 Å². The summed E-state index contributed by atoms with van der Waals surface area (Å²) in [5, 5.41) is 11.6. The summed E-state index contributed by atoms with van der Waals surface area (Å²) in [6.45, 7) is 2.19. The number of benzene rings is 1. The Bertz CT molecular complexity index is 1020. The van der Waals surface area contributed by atoms with Gasteiger partial charge in [-0.1, -0.05) is 6.07 Å². The van der Waals surface area contributed by atoms with Gasteiger partial charge in [-0.2, -0.15) is 0 Å². The molecule has 0 aliphatic carbocycles. The second-order valence-corrected chi connectivity index (χ2v) is 7.44. The second-order valence-electron chi connectivity index (χ2n) is 7.44. The van der Waals surface area contributed by atoms with Crippen molar-refractivity contribution in [2.75, 3.05) is 24.8 Å². The third-order valence-electron chi connectivity index (χ3n) is 5.44. The first-order valence-electron chi connectivity index (χ1n) is 10.0. The number of amides is 1. The first-order chi connectivity index (χ1) is 14.8. The van der Waals surface area contributed by atoms with Crippen LogP contribution in [0.5, 0.6) is 11.5 Å². The molecule has 0 bridgehead atoms. The van der Waals surface area contributed by atoms with Gasteiger partial charge < -0.3 is 24.1 Å². The molecule has 2 aliphatic heterocycles. The molecule has 1 atom stereocenters. The number of furan rings is 1. The Morgan fingerprint density at radius 1 is 1.13 bits per heavy atom. The van der Waals surface area contributed by atoms with Crippen LogP contribution >= 0.6 is 0 Å². The predicted octanol–water partition coefficient (Wildman–Crippen LogP) is 3.00. The topological polar surface area (TPSA) is 89.7 Å². The van der Waals surface area contributed by atoms with Crippen LogP contribution in [0.15, 0.2) is 53.1 Å². The first kappa shape index (κ1) is 18.5. The minimum Gasteiger partial charge on any atom is -0.463 e. The number of rotatable bonds is 5. The highest BCUT2D eigenvalue weighted by Gasteiger charge is 2.27. The van der Waals surface area contributed by atoms with Gasteiger partial charge in [0.25, 0.3) is 0 Å². The maximum absolute atomic E-state index is 12.7. The van der Waals surface area contributed by atoms with Crippen LogP contribution in [0.2, 0.25) is 0 Å². The van der Waals surface area contributed by atoms with E-state index in [-0.39, 0.29) is 18.6 Å². The molecule has 5 rings (SSSR count). The number of aromatic nitrogens is 2. The van der Waals surface area contributed by atoms with Crippen molar-refractivity contribution in [2.45, 2.75) is 19.4 Å². The Morgan fingerprint density at radius 2 is 2.07 bits per heavy atom. The summed E-state index contributed by atoms with van der Waals surface area (Å²) in [6.07, 6.45) is 3.41. The van der Waals surface area contributed by atoms with Gasteiger partial charge in [0, 0.05) is 19.6 Å². The fourth-order valence-corrected chi connectivity index (χ4v) is 3.83. The van der Waals surface area contributed by atoms with Crippen LogP contribution in [-0.2, 0) is 11.3 Å².